The first kappa shape index (κ1) is 15.8. The summed E-state index contributed by atoms with van der Waals surface area (Å²) in [6.45, 7) is 3.99. The molecule has 1 N–H and O–H groups in total. The summed E-state index contributed by atoms with van der Waals surface area (Å²) in [5, 5.41) is 3.01. The van der Waals surface area contributed by atoms with Crippen LogP contribution < -0.4 is 5.32 Å². The predicted octanol–water partition coefficient (Wildman–Crippen LogP) is 5.08. The Kier molecular flexibility index (Phi) is 4.62. The molecule has 3 aromatic rings. The monoisotopic (exact) mass is 317 g/mol. The fourth-order valence-corrected chi connectivity index (χ4v) is 2.47. The van der Waals surface area contributed by atoms with Gasteiger partial charge in [-0.1, -0.05) is 42.5 Å². The van der Waals surface area contributed by atoms with Crippen molar-refractivity contribution in [3.63, 3.8) is 0 Å². The van der Waals surface area contributed by atoms with E-state index in [1.165, 1.54) is 0 Å². The predicted molar refractivity (Wildman–Crippen MR) is 97.6 cm³/mol. The lowest BCUT2D eigenvalue weighted by Crippen LogP contribution is -2.14. The molecule has 0 fully saturated rings. The molecule has 0 radical (unpaired) electrons. The summed E-state index contributed by atoms with van der Waals surface area (Å²) in [5.74, 6) is 0.483. The third-order valence-electron chi connectivity index (χ3n) is 3.80. The quantitative estimate of drug-likeness (QED) is 0.682. The Morgan fingerprint density at radius 2 is 1.79 bits per heavy atom. The van der Waals surface area contributed by atoms with Crippen LogP contribution in [-0.2, 0) is 4.79 Å². The summed E-state index contributed by atoms with van der Waals surface area (Å²) in [5.41, 5.74) is 4.36. The number of carbonyl (C=O) groups is 1. The zero-order valence-electron chi connectivity index (χ0n) is 13.7. The van der Waals surface area contributed by atoms with Crippen LogP contribution >= 0.6 is 0 Å². The molecule has 24 heavy (non-hydrogen) atoms. The molecule has 0 saturated carbocycles. The van der Waals surface area contributed by atoms with Crippen molar-refractivity contribution in [2.75, 3.05) is 5.32 Å². The Labute approximate surface area is 141 Å². The summed E-state index contributed by atoms with van der Waals surface area (Å²) < 4.78 is 5.37. The first-order valence-electron chi connectivity index (χ1n) is 7.83. The van der Waals surface area contributed by atoms with Gasteiger partial charge >= 0.3 is 0 Å². The van der Waals surface area contributed by atoms with Crippen molar-refractivity contribution < 1.29 is 9.21 Å². The molecule has 0 aliphatic heterocycles. The third kappa shape index (κ3) is 3.63. The maximum Gasteiger partial charge on any atom is 0.256 e. The minimum atomic E-state index is -0.161. The molecule has 1 amide bonds. The molecule has 3 heteroatoms. The highest BCUT2D eigenvalue weighted by Gasteiger charge is 2.14. The van der Waals surface area contributed by atoms with E-state index in [-0.39, 0.29) is 5.91 Å². The number of rotatable bonds is 4. The minimum absolute atomic E-state index is 0.161. The van der Waals surface area contributed by atoms with Crippen LogP contribution in [0.4, 0.5) is 5.69 Å². The molecular formula is C21H19NO2. The average molecular weight is 317 g/mol. The van der Waals surface area contributed by atoms with Gasteiger partial charge in [0, 0.05) is 5.69 Å². The molecule has 0 atom stereocenters. The van der Waals surface area contributed by atoms with Gasteiger partial charge in [0.05, 0.1) is 11.8 Å². The molecule has 0 spiro atoms. The Morgan fingerprint density at radius 3 is 2.50 bits per heavy atom. The van der Waals surface area contributed by atoms with E-state index in [1.54, 1.807) is 18.4 Å². The van der Waals surface area contributed by atoms with Gasteiger partial charge in [0.15, 0.2) is 0 Å². The zero-order valence-corrected chi connectivity index (χ0v) is 13.7. The lowest BCUT2D eigenvalue weighted by atomic mass is 10.0. The molecule has 0 aliphatic carbocycles. The topological polar surface area (TPSA) is 42.2 Å². The second kappa shape index (κ2) is 7.01. The number of amides is 1. The molecular weight excluding hydrogens is 298 g/mol. The highest BCUT2D eigenvalue weighted by molar-refractivity contribution is 6.29. The third-order valence-corrected chi connectivity index (χ3v) is 3.80. The van der Waals surface area contributed by atoms with E-state index in [2.05, 4.69) is 5.32 Å². The van der Waals surface area contributed by atoms with Gasteiger partial charge in [-0.25, -0.2) is 0 Å². The number of benzene rings is 2. The van der Waals surface area contributed by atoms with E-state index in [0.717, 1.165) is 22.4 Å². The molecule has 120 valence electrons. The number of anilines is 1. The number of carbonyl (C=O) groups excluding carboxylic acids is 1. The Bertz CT molecular complexity index is 862. The van der Waals surface area contributed by atoms with Gasteiger partial charge < -0.3 is 9.73 Å². The number of hydrogen-bond donors (Lipinski definition) is 1. The first-order valence-corrected chi connectivity index (χ1v) is 7.83. The number of nitrogens with one attached hydrogen (secondary N) is 1. The SMILES string of the molecule is Cc1ccc(C)c(NC(=O)/C(=C/c2ccco2)c2ccccc2)c1. The normalized spacial score (nSPS) is 11.3. The van der Waals surface area contributed by atoms with E-state index in [9.17, 15) is 4.79 Å². The Balaban J connectivity index is 1.96. The fourth-order valence-electron chi connectivity index (χ4n) is 2.47. The van der Waals surface area contributed by atoms with Crippen LogP contribution in [0.25, 0.3) is 11.6 Å². The minimum Gasteiger partial charge on any atom is -0.465 e. The standard InChI is InChI=1S/C21H19NO2/c1-15-10-11-16(2)20(13-15)22-21(23)19(14-18-9-6-12-24-18)17-7-4-3-5-8-17/h3-14H,1-2H3,(H,22,23)/b19-14+. The lowest BCUT2D eigenvalue weighted by molar-refractivity contribution is -0.111. The van der Waals surface area contributed by atoms with Crippen molar-refractivity contribution in [1.29, 1.82) is 0 Å². The van der Waals surface area contributed by atoms with E-state index in [4.69, 9.17) is 4.42 Å². The van der Waals surface area contributed by atoms with Crippen molar-refractivity contribution in [2.24, 2.45) is 0 Å². The van der Waals surface area contributed by atoms with Crippen molar-refractivity contribution in [3.8, 4) is 0 Å². The second-order valence-electron chi connectivity index (χ2n) is 5.71. The maximum atomic E-state index is 12.9. The van der Waals surface area contributed by atoms with Gasteiger partial charge in [-0.05, 0) is 54.8 Å². The molecule has 3 nitrogen and oxygen atoms in total. The molecule has 1 heterocycles. The number of aryl methyl sites for hydroxylation is 2. The summed E-state index contributed by atoms with van der Waals surface area (Å²) >= 11 is 0. The molecule has 2 aromatic carbocycles. The summed E-state index contributed by atoms with van der Waals surface area (Å²) in [7, 11) is 0. The van der Waals surface area contributed by atoms with Gasteiger partial charge in [0.25, 0.3) is 5.91 Å². The van der Waals surface area contributed by atoms with Gasteiger partial charge in [-0.15, -0.1) is 0 Å². The van der Waals surface area contributed by atoms with E-state index >= 15 is 0 Å². The van der Waals surface area contributed by atoms with Crippen LogP contribution in [0, 0.1) is 13.8 Å². The highest BCUT2D eigenvalue weighted by atomic mass is 16.3. The maximum absolute atomic E-state index is 12.9. The van der Waals surface area contributed by atoms with Crippen LogP contribution in [-0.4, -0.2) is 5.91 Å². The van der Waals surface area contributed by atoms with Crippen molar-refractivity contribution in [2.45, 2.75) is 13.8 Å². The molecule has 0 saturated heterocycles. The van der Waals surface area contributed by atoms with Crippen molar-refractivity contribution in [1.82, 2.24) is 0 Å². The summed E-state index contributed by atoms with van der Waals surface area (Å²) in [4.78, 5) is 12.9. The summed E-state index contributed by atoms with van der Waals surface area (Å²) in [6, 6.07) is 19.2. The smallest absolute Gasteiger partial charge is 0.256 e. The molecule has 0 bridgehead atoms. The van der Waals surface area contributed by atoms with Crippen LogP contribution in [0.1, 0.15) is 22.5 Å². The lowest BCUT2D eigenvalue weighted by Gasteiger charge is -2.12. The highest BCUT2D eigenvalue weighted by Crippen LogP contribution is 2.23. The van der Waals surface area contributed by atoms with E-state index < -0.39 is 0 Å². The van der Waals surface area contributed by atoms with Gasteiger partial charge in [0.2, 0.25) is 0 Å². The van der Waals surface area contributed by atoms with Crippen LogP contribution in [0.3, 0.4) is 0 Å². The summed E-state index contributed by atoms with van der Waals surface area (Å²) in [6.07, 6.45) is 3.35. The van der Waals surface area contributed by atoms with Gasteiger partial charge in [-0.2, -0.15) is 0 Å². The van der Waals surface area contributed by atoms with Gasteiger partial charge in [-0.3, -0.25) is 4.79 Å². The molecule has 1 aromatic heterocycles. The molecule has 3 rings (SSSR count). The average Bonchev–Trinajstić information content (AvgIpc) is 3.10. The van der Waals surface area contributed by atoms with Crippen LogP contribution in [0.2, 0.25) is 0 Å². The Morgan fingerprint density at radius 1 is 1.00 bits per heavy atom. The fraction of sp³-hybridized carbons (Fsp3) is 0.0952. The van der Waals surface area contributed by atoms with Crippen LogP contribution in [0.5, 0.6) is 0 Å². The van der Waals surface area contributed by atoms with Crippen molar-refractivity contribution >= 4 is 23.2 Å². The molecule has 0 aliphatic rings. The number of furan rings is 1. The number of hydrogen-bond acceptors (Lipinski definition) is 2. The zero-order chi connectivity index (χ0) is 16.9. The van der Waals surface area contributed by atoms with Crippen molar-refractivity contribution in [3.05, 3.63) is 89.4 Å². The van der Waals surface area contributed by atoms with E-state index in [1.807, 2.05) is 68.4 Å². The Hall–Kier alpha value is -3.07. The second-order valence-corrected chi connectivity index (χ2v) is 5.71. The first-order chi connectivity index (χ1) is 11.6. The van der Waals surface area contributed by atoms with Crippen LogP contribution in [0.15, 0.2) is 71.3 Å². The molecule has 0 unspecified atom stereocenters. The largest absolute Gasteiger partial charge is 0.465 e. The van der Waals surface area contributed by atoms with Gasteiger partial charge in [0.1, 0.15) is 5.76 Å². The van der Waals surface area contributed by atoms with E-state index in [0.29, 0.717) is 11.3 Å².